The summed E-state index contributed by atoms with van der Waals surface area (Å²) >= 11 is 6.25. The molecule has 2 aromatic rings. The van der Waals surface area contributed by atoms with Gasteiger partial charge in [0.2, 0.25) is 5.95 Å². The molecule has 2 aromatic heterocycles. The van der Waals surface area contributed by atoms with Crippen molar-refractivity contribution in [3.05, 3.63) is 11.5 Å². The van der Waals surface area contributed by atoms with E-state index < -0.39 is 17.1 Å². The van der Waals surface area contributed by atoms with Gasteiger partial charge in [-0.2, -0.15) is 9.97 Å². The van der Waals surface area contributed by atoms with Gasteiger partial charge in [0.25, 0.3) is 0 Å². The maximum atomic E-state index is 7.25. The first-order chi connectivity index (χ1) is 15.9. The standard InChI is InChI=1S/C22H38ClN5O4Si2/c1-12(2)33(13(3)4)29-10-17-16(31-34(32-33,14(5)6)15(7)8)9-18(30-17)28-11-25-19-20(23)26-22(24)27-21(19)28/h11-18H,9-10H2,1-8H3,(H2,24,26,27)/t16-,17+,18?/m0/s1. The number of rotatable bonds is 5. The van der Waals surface area contributed by atoms with E-state index in [1.165, 1.54) is 0 Å². The Hall–Kier alpha value is -1.09. The van der Waals surface area contributed by atoms with E-state index in [2.05, 4.69) is 70.3 Å². The zero-order chi connectivity index (χ0) is 25.0. The normalized spacial score (nSPS) is 27.0. The van der Waals surface area contributed by atoms with E-state index in [1.807, 2.05) is 4.57 Å². The van der Waals surface area contributed by atoms with Crippen LogP contribution in [0.15, 0.2) is 6.33 Å². The van der Waals surface area contributed by atoms with Gasteiger partial charge in [-0.15, -0.1) is 0 Å². The van der Waals surface area contributed by atoms with Crippen LogP contribution in [-0.2, 0) is 17.7 Å². The molecule has 0 spiro atoms. The molecule has 2 aliphatic rings. The lowest BCUT2D eigenvalue weighted by molar-refractivity contribution is -0.0544. The number of nitrogen functional groups attached to an aromatic ring is 1. The number of hydrogen-bond acceptors (Lipinski definition) is 8. The van der Waals surface area contributed by atoms with E-state index in [1.54, 1.807) is 6.33 Å². The summed E-state index contributed by atoms with van der Waals surface area (Å²) in [6.45, 7) is 18.2. The summed E-state index contributed by atoms with van der Waals surface area (Å²) < 4.78 is 29.6. The summed E-state index contributed by atoms with van der Waals surface area (Å²) in [6.07, 6.45) is 1.63. The molecular formula is C22H38ClN5O4Si2. The minimum Gasteiger partial charge on any atom is -0.414 e. The lowest BCUT2D eigenvalue weighted by atomic mass is 10.2. The molecule has 0 saturated carbocycles. The highest BCUT2D eigenvalue weighted by molar-refractivity contribution is 6.83. The number of halogens is 1. The van der Waals surface area contributed by atoms with Crippen molar-refractivity contribution in [3.8, 4) is 0 Å². The Kier molecular flexibility index (Phi) is 7.20. The lowest BCUT2D eigenvalue weighted by Crippen LogP contribution is -2.65. The summed E-state index contributed by atoms with van der Waals surface area (Å²) in [5.41, 5.74) is 8.01. The van der Waals surface area contributed by atoms with Crippen LogP contribution in [0.5, 0.6) is 0 Å². The monoisotopic (exact) mass is 527 g/mol. The van der Waals surface area contributed by atoms with Gasteiger partial charge in [0.15, 0.2) is 10.8 Å². The van der Waals surface area contributed by atoms with Gasteiger partial charge in [-0.05, 0) is 22.2 Å². The molecule has 0 bridgehead atoms. The molecule has 2 N–H and O–H groups in total. The van der Waals surface area contributed by atoms with Gasteiger partial charge in [-0.3, -0.25) is 4.57 Å². The lowest BCUT2D eigenvalue weighted by Gasteiger charge is -2.51. The van der Waals surface area contributed by atoms with Gasteiger partial charge in [0.1, 0.15) is 17.8 Å². The van der Waals surface area contributed by atoms with Crippen LogP contribution in [0, 0.1) is 0 Å². The summed E-state index contributed by atoms with van der Waals surface area (Å²) in [6, 6.07) is 0. The average Bonchev–Trinajstić information content (AvgIpc) is 3.31. The Morgan fingerprint density at radius 2 is 1.59 bits per heavy atom. The van der Waals surface area contributed by atoms with E-state index in [4.69, 9.17) is 35.0 Å². The molecule has 0 radical (unpaired) electrons. The summed E-state index contributed by atoms with van der Waals surface area (Å²) in [5.74, 6) is 0.104. The molecule has 4 heterocycles. The third kappa shape index (κ3) is 4.23. The smallest absolute Gasteiger partial charge is 0.335 e. The molecular weight excluding hydrogens is 490 g/mol. The van der Waals surface area contributed by atoms with E-state index in [9.17, 15) is 0 Å². The van der Waals surface area contributed by atoms with Crippen LogP contribution in [-0.4, -0.2) is 55.5 Å². The summed E-state index contributed by atoms with van der Waals surface area (Å²) in [5, 5.41) is 0.230. The predicted molar refractivity (Wildman–Crippen MR) is 137 cm³/mol. The second-order valence-electron chi connectivity index (χ2n) is 10.7. The number of nitrogens with zero attached hydrogens (tertiary/aromatic N) is 4. The Morgan fingerprint density at radius 3 is 2.18 bits per heavy atom. The minimum absolute atomic E-state index is 0.104. The van der Waals surface area contributed by atoms with Crippen LogP contribution in [0.4, 0.5) is 5.95 Å². The zero-order valence-corrected chi connectivity index (χ0v) is 24.2. The molecule has 190 valence electrons. The van der Waals surface area contributed by atoms with Crippen molar-refractivity contribution in [2.45, 2.75) is 102 Å². The van der Waals surface area contributed by atoms with Crippen LogP contribution >= 0.6 is 11.6 Å². The third-order valence-electron chi connectivity index (χ3n) is 7.23. The number of nitrogens with two attached hydrogens (primary N) is 1. The van der Waals surface area contributed by atoms with Gasteiger partial charge < -0.3 is 23.4 Å². The first-order valence-electron chi connectivity index (χ1n) is 12.2. The molecule has 4 rings (SSSR count). The van der Waals surface area contributed by atoms with E-state index in [-0.39, 0.29) is 51.7 Å². The first-order valence-corrected chi connectivity index (χ1v) is 16.6. The Labute approximate surface area is 209 Å². The van der Waals surface area contributed by atoms with Crippen LogP contribution < -0.4 is 5.73 Å². The third-order valence-corrected chi connectivity index (χ3v) is 17.8. The fourth-order valence-electron chi connectivity index (χ4n) is 5.42. The molecule has 2 fully saturated rings. The molecule has 0 aliphatic carbocycles. The Morgan fingerprint density at radius 1 is 0.971 bits per heavy atom. The predicted octanol–water partition coefficient (Wildman–Crippen LogP) is 5.31. The second kappa shape index (κ2) is 9.42. The molecule has 0 amide bonds. The minimum atomic E-state index is -2.69. The molecule has 9 nitrogen and oxygen atoms in total. The zero-order valence-electron chi connectivity index (χ0n) is 21.4. The van der Waals surface area contributed by atoms with Crippen molar-refractivity contribution in [2.75, 3.05) is 12.3 Å². The number of imidazole rings is 1. The fraction of sp³-hybridized carbons (Fsp3) is 0.773. The van der Waals surface area contributed by atoms with Crippen LogP contribution in [0.1, 0.15) is 68.0 Å². The molecule has 1 unspecified atom stereocenters. The Bertz CT molecular complexity index is 1020. The number of fused-ring (bicyclic) bond motifs is 2. The SMILES string of the molecule is CC(C)[Si]1(C(C)C)OC[C@H]2OC(n3cnc4c(Cl)nc(N)nc43)C[C@@H]2O[Si](C(C)C)(C(C)C)O1. The van der Waals surface area contributed by atoms with Crippen molar-refractivity contribution in [3.63, 3.8) is 0 Å². The highest BCUT2D eigenvalue weighted by Crippen LogP contribution is 2.48. The molecule has 3 atom stereocenters. The van der Waals surface area contributed by atoms with Gasteiger partial charge in [-0.1, -0.05) is 67.0 Å². The van der Waals surface area contributed by atoms with Crippen molar-refractivity contribution in [2.24, 2.45) is 0 Å². The molecule has 34 heavy (non-hydrogen) atoms. The van der Waals surface area contributed by atoms with Gasteiger partial charge in [-0.25, -0.2) is 4.98 Å². The summed E-state index contributed by atoms with van der Waals surface area (Å²) in [7, 11) is -5.29. The van der Waals surface area contributed by atoms with E-state index >= 15 is 0 Å². The number of ether oxygens (including phenoxy) is 1. The number of anilines is 1. The molecule has 2 aliphatic heterocycles. The maximum absolute atomic E-state index is 7.25. The van der Waals surface area contributed by atoms with Crippen molar-refractivity contribution in [1.82, 2.24) is 19.5 Å². The first kappa shape index (κ1) is 26.0. The quantitative estimate of drug-likeness (QED) is 0.412. The second-order valence-corrected chi connectivity index (χ2v) is 19.9. The maximum Gasteiger partial charge on any atom is 0.335 e. The van der Waals surface area contributed by atoms with Crippen molar-refractivity contribution < 1.29 is 17.7 Å². The van der Waals surface area contributed by atoms with Crippen molar-refractivity contribution >= 4 is 45.8 Å². The topological polar surface area (TPSA) is 107 Å². The van der Waals surface area contributed by atoms with Crippen LogP contribution in [0.25, 0.3) is 11.2 Å². The number of hydrogen-bond donors (Lipinski definition) is 1. The fourth-order valence-corrected chi connectivity index (χ4v) is 16.9. The summed E-state index contributed by atoms with van der Waals surface area (Å²) in [4.78, 5) is 12.8. The molecule has 12 heteroatoms. The molecule has 0 aromatic carbocycles. The molecule has 2 saturated heterocycles. The van der Waals surface area contributed by atoms with Crippen LogP contribution in [0.2, 0.25) is 27.3 Å². The van der Waals surface area contributed by atoms with Crippen molar-refractivity contribution in [1.29, 1.82) is 0 Å². The van der Waals surface area contributed by atoms with Gasteiger partial charge >= 0.3 is 17.1 Å². The largest absolute Gasteiger partial charge is 0.414 e. The van der Waals surface area contributed by atoms with Gasteiger partial charge in [0, 0.05) is 6.42 Å². The highest BCUT2D eigenvalue weighted by Gasteiger charge is 2.60. The average molecular weight is 528 g/mol. The van der Waals surface area contributed by atoms with E-state index in [0.717, 1.165) is 0 Å². The van der Waals surface area contributed by atoms with E-state index in [0.29, 0.717) is 24.2 Å². The highest BCUT2D eigenvalue weighted by atomic mass is 35.5. The Balaban J connectivity index is 1.73. The number of aromatic nitrogens is 4. The van der Waals surface area contributed by atoms with Crippen LogP contribution in [0.3, 0.4) is 0 Å². The van der Waals surface area contributed by atoms with Gasteiger partial charge in [0.05, 0.1) is 19.0 Å².